The molecule has 1 aliphatic rings. The average molecular weight is 410 g/mol. The van der Waals surface area contributed by atoms with Gasteiger partial charge in [0.2, 0.25) is 10.0 Å². The second-order valence-electron chi connectivity index (χ2n) is 6.87. The van der Waals surface area contributed by atoms with Crippen molar-refractivity contribution in [1.29, 1.82) is 0 Å². The predicted molar refractivity (Wildman–Crippen MR) is 101 cm³/mol. The monoisotopic (exact) mass is 410 g/mol. The molecule has 1 amide bonds. The van der Waals surface area contributed by atoms with Crippen LogP contribution < -0.4 is 10.5 Å². The maximum Gasteiger partial charge on any atom is 0.273 e. The molecule has 8 nitrogen and oxygen atoms in total. The molecule has 28 heavy (non-hydrogen) atoms. The van der Waals surface area contributed by atoms with Crippen LogP contribution in [-0.2, 0) is 10.0 Å². The quantitative estimate of drug-likeness (QED) is 0.603. The van der Waals surface area contributed by atoms with Crippen molar-refractivity contribution in [2.24, 2.45) is 5.14 Å². The second kappa shape index (κ2) is 8.80. The predicted octanol–water partition coefficient (Wildman–Crippen LogP) is 1.35. The minimum atomic E-state index is -3.41. The average Bonchev–Trinajstić information content (AvgIpc) is 3.08. The molecule has 3 N–H and O–H groups in total. The van der Waals surface area contributed by atoms with Gasteiger partial charge in [-0.15, -0.1) is 0 Å². The Kier molecular flexibility index (Phi) is 6.42. The smallest absolute Gasteiger partial charge is 0.273 e. The van der Waals surface area contributed by atoms with Crippen LogP contribution in [0.25, 0.3) is 11.3 Å². The first-order valence-electron chi connectivity index (χ1n) is 9.08. The molecule has 0 atom stereocenters. The molecule has 0 saturated carbocycles. The number of hydrogen-bond donors (Lipinski definition) is 2. The Labute approximate surface area is 162 Å². The molecule has 1 aliphatic heterocycles. The Bertz CT molecular complexity index is 908. The number of primary sulfonamides is 1. The van der Waals surface area contributed by atoms with Crippen LogP contribution in [0.5, 0.6) is 0 Å². The van der Waals surface area contributed by atoms with Crippen LogP contribution >= 0.6 is 0 Å². The molecule has 1 aromatic heterocycles. The summed E-state index contributed by atoms with van der Waals surface area (Å²) in [5, 5.41) is 11.2. The molecule has 3 rings (SSSR count). The summed E-state index contributed by atoms with van der Waals surface area (Å²) in [6, 6.07) is 7.26. The molecular formula is C18H23FN4O4S. The van der Waals surface area contributed by atoms with E-state index < -0.39 is 15.3 Å². The molecule has 0 spiro atoms. The van der Waals surface area contributed by atoms with Gasteiger partial charge >= 0.3 is 0 Å². The van der Waals surface area contributed by atoms with Gasteiger partial charge < -0.3 is 14.7 Å². The molecule has 0 bridgehead atoms. The lowest BCUT2D eigenvalue weighted by molar-refractivity contribution is 0.0943. The molecular weight excluding hydrogens is 387 g/mol. The van der Waals surface area contributed by atoms with Gasteiger partial charge in [-0.25, -0.2) is 17.9 Å². The lowest BCUT2D eigenvalue weighted by Crippen LogP contribution is -2.56. The van der Waals surface area contributed by atoms with Crippen LogP contribution in [0.3, 0.4) is 0 Å². The van der Waals surface area contributed by atoms with Gasteiger partial charge in [0.15, 0.2) is 11.5 Å². The SMILES string of the molecule is NS(=O)(=O)C1CN(CCCCCNC(=O)c2cc(-c3ccc(F)cc3)on2)C1. The summed E-state index contributed by atoms with van der Waals surface area (Å²) >= 11 is 0. The topological polar surface area (TPSA) is 119 Å². The zero-order chi connectivity index (χ0) is 20.1. The first-order valence-corrected chi connectivity index (χ1v) is 10.7. The zero-order valence-corrected chi connectivity index (χ0v) is 16.1. The molecule has 1 saturated heterocycles. The van der Waals surface area contributed by atoms with E-state index in [1.807, 2.05) is 0 Å². The number of likely N-dealkylation sites (tertiary alicyclic amines) is 1. The Morgan fingerprint density at radius 1 is 1.25 bits per heavy atom. The third-order valence-electron chi connectivity index (χ3n) is 4.70. The fraction of sp³-hybridized carbons (Fsp3) is 0.444. The van der Waals surface area contributed by atoms with E-state index in [1.54, 1.807) is 12.1 Å². The number of aromatic nitrogens is 1. The molecule has 1 aromatic carbocycles. The van der Waals surface area contributed by atoms with Crippen LogP contribution in [0.4, 0.5) is 4.39 Å². The Morgan fingerprint density at radius 3 is 2.64 bits per heavy atom. The number of halogens is 1. The van der Waals surface area contributed by atoms with E-state index in [2.05, 4.69) is 15.4 Å². The number of nitrogens with two attached hydrogens (primary N) is 1. The van der Waals surface area contributed by atoms with Crippen LogP contribution in [-0.4, -0.2) is 55.8 Å². The molecule has 0 radical (unpaired) electrons. The fourth-order valence-electron chi connectivity index (χ4n) is 2.97. The summed E-state index contributed by atoms with van der Waals surface area (Å²) < 4.78 is 40.4. The number of amides is 1. The summed E-state index contributed by atoms with van der Waals surface area (Å²) in [5.74, 6) is -0.270. The van der Waals surface area contributed by atoms with Crippen molar-refractivity contribution in [2.45, 2.75) is 24.5 Å². The van der Waals surface area contributed by atoms with E-state index in [-0.39, 0.29) is 17.4 Å². The molecule has 2 aromatic rings. The minimum absolute atomic E-state index is 0.175. The highest BCUT2D eigenvalue weighted by Gasteiger charge is 2.34. The van der Waals surface area contributed by atoms with Crippen LogP contribution in [0.1, 0.15) is 29.8 Å². The van der Waals surface area contributed by atoms with E-state index in [9.17, 15) is 17.6 Å². The highest BCUT2D eigenvalue weighted by Crippen LogP contribution is 2.20. The van der Waals surface area contributed by atoms with Crippen molar-refractivity contribution in [3.05, 3.63) is 41.8 Å². The maximum atomic E-state index is 13.0. The van der Waals surface area contributed by atoms with Gasteiger partial charge in [0.1, 0.15) is 11.1 Å². The van der Waals surface area contributed by atoms with Crippen LogP contribution in [0.15, 0.2) is 34.9 Å². The van der Waals surface area contributed by atoms with Crippen molar-refractivity contribution in [1.82, 2.24) is 15.4 Å². The zero-order valence-electron chi connectivity index (χ0n) is 15.3. The normalized spacial score (nSPS) is 15.4. The molecule has 0 unspecified atom stereocenters. The van der Waals surface area contributed by atoms with E-state index >= 15 is 0 Å². The Morgan fingerprint density at radius 2 is 1.96 bits per heavy atom. The standard InChI is InChI=1S/C18H23FN4O4S/c19-14-6-4-13(5-7-14)17-10-16(22-27-17)18(24)21-8-2-1-3-9-23-11-15(12-23)28(20,25)26/h4-7,10,15H,1-3,8-9,11-12H2,(H,21,24)(H2,20,25,26). The third-order valence-corrected chi connectivity index (χ3v) is 5.92. The first kappa shape index (κ1) is 20.4. The second-order valence-corrected chi connectivity index (χ2v) is 8.72. The van der Waals surface area contributed by atoms with Crippen LogP contribution in [0, 0.1) is 5.82 Å². The highest BCUT2D eigenvalue weighted by molar-refractivity contribution is 7.89. The molecule has 2 heterocycles. The maximum absolute atomic E-state index is 13.0. The number of sulfonamides is 1. The van der Waals surface area contributed by atoms with Gasteiger partial charge in [0, 0.05) is 31.3 Å². The van der Waals surface area contributed by atoms with Gasteiger partial charge in [0.05, 0.1) is 0 Å². The third kappa shape index (κ3) is 5.37. The number of nitrogens with one attached hydrogen (secondary N) is 1. The largest absolute Gasteiger partial charge is 0.355 e. The molecule has 0 aliphatic carbocycles. The van der Waals surface area contributed by atoms with Crippen molar-refractivity contribution in [3.63, 3.8) is 0 Å². The van der Waals surface area contributed by atoms with Crippen molar-refractivity contribution in [2.75, 3.05) is 26.2 Å². The number of carbonyl (C=O) groups is 1. The highest BCUT2D eigenvalue weighted by atomic mass is 32.2. The van der Waals surface area contributed by atoms with Gasteiger partial charge in [-0.2, -0.15) is 0 Å². The van der Waals surface area contributed by atoms with E-state index in [0.717, 1.165) is 25.8 Å². The van der Waals surface area contributed by atoms with Crippen LogP contribution in [0.2, 0.25) is 0 Å². The van der Waals surface area contributed by atoms with Gasteiger partial charge in [0.25, 0.3) is 5.91 Å². The summed E-state index contributed by atoms with van der Waals surface area (Å²) in [6.07, 6.45) is 2.64. The fourth-order valence-corrected chi connectivity index (χ4v) is 3.81. The van der Waals surface area contributed by atoms with E-state index in [0.29, 0.717) is 31.0 Å². The number of rotatable bonds is 9. The minimum Gasteiger partial charge on any atom is -0.355 e. The van der Waals surface area contributed by atoms with Crippen molar-refractivity contribution in [3.8, 4) is 11.3 Å². The number of unbranched alkanes of at least 4 members (excludes halogenated alkanes) is 2. The molecule has 152 valence electrons. The van der Waals surface area contributed by atoms with Gasteiger partial charge in [-0.1, -0.05) is 11.6 Å². The summed E-state index contributed by atoms with van der Waals surface area (Å²) in [5.41, 5.74) is 0.817. The Hall–Kier alpha value is -2.30. The van der Waals surface area contributed by atoms with Crippen molar-refractivity contribution >= 4 is 15.9 Å². The number of carbonyl (C=O) groups excluding carboxylic acids is 1. The summed E-state index contributed by atoms with van der Waals surface area (Å²) in [4.78, 5) is 14.2. The molecule has 1 fully saturated rings. The number of nitrogens with zero attached hydrogens (tertiary/aromatic N) is 2. The van der Waals surface area contributed by atoms with Gasteiger partial charge in [-0.05, 0) is 43.7 Å². The number of hydrogen-bond acceptors (Lipinski definition) is 6. The summed E-state index contributed by atoms with van der Waals surface area (Å²) in [6.45, 7) is 2.33. The van der Waals surface area contributed by atoms with Gasteiger partial charge in [-0.3, -0.25) is 4.79 Å². The Balaban J connectivity index is 1.32. The lowest BCUT2D eigenvalue weighted by Gasteiger charge is -2.37. The first-order chi connectivity index (χ1) is 13.3. The number of benzene rings is 1. The van der Waals surface area contributed by atoms with E-state index in [4.69, 9.17) is 9.66 Å². The van der Waals surface area contributed by atoms with E-state index in [1.165, 1.54) is 18.2 Å². The lowest BCUT2D eigenvalue weighted by atomic mass is 10.1. The molecule has 10 heteroatoms. The summed E-state index contributed by atoms with van der Waals surface area (Å²) in [7, 11) is -3.41. The van der Waals surface area contributed by atoms with Crippen molar-refractivity contribution < 1.29 is 22.1 Å².